The van der Waals surface area contributed by atoms with E-state index in [0.717, 1.165) is 42.1 Å². The highest BCUT2D eigenvalue weighted by molar-refractivity contribution is 6.07. The monoisotopic (exact) mass is 667 g/mol. The van der Waals surface area contributed by atoms with Gasteiger partial charge < -0.3 is 30.1 Å². The Labute approximate surface area is 289 Å². The Morgan fingerprint density at radius 1 is 1.04 bits per heavy atom. The fourth-order valence-electron chi connectivity index (χ4n) is 6.25. The summed E-state index contributed by atoms with van der Waals surface area (Å²) in [4.78, 5) is 35.7. The number of hydrogen-bond acceptors (Lipinski definition) is 7. The van der Waals surface area contributed by atoms with Crippen molar-refractivity contribution in [1.82, 2.24) is 14.8 Å². The third-order valence-corrected chi connectivity index (χ3v) is 9.04. The maximum absolute atomic E-state index is 14.5. The molecule has 0 saturated carbocycles. The second-order valence-electron chi connectivity index (χ2n) is 13.2. The topological polar surface area (TPSA) is 116 Å². The number of likely N-dealkylation sites (N-methyl/N-ethyl adjacent to an activating group) is 1. The number of nitrogens with zero attached hydrogens (tertiary/aromatic N) is 3. The number of hydrogen-bond donors (Lipinski definition) is 3. The van der Waals surface area contributed by atoms with Crippen molar-refractivity contribution >= 4 is 34.1 Å². The molecule has 4 atom stereocenters. The normalized spacial score (nSPS) is 19.8. The molecule has 1 aromatic heterocycles. The first-order valence-electron chi connectivity index (χ1n) is 17.2. The number of fused-ring (bicyclic) bond motifs is 2. The lowest BCUT2D eigenvalue weighted by Gasteiger charge is -2.36. The summed E-state index contributed by atoms with van der Waals surface area (Å²) in [6.45, 7) is 8.12. The van der Waals surface area contributed by atoms with Crippen LogP contribution in [0.4, 0.5) is 16.2 Å². The van der Waals surface area contributed by atoms with Gasteiger partial charge in [-0.05, 0) is 87.5 Å². The van der Waals surface area contributed by atoms with E-state index in [0.29, 0.717) is 42.4 Å². The molecule has 10 nitrogen and oxygen atoms in total. The Balaban J connectivity index is 1.39. The van der Waals surface area contributed by atoms with Gasteiger partial charge in [-0.25, -0.2) is 4.79 Å². The molecule has 3 N–H and O–H groups in total. The molecule has 10 heteroatoms. The summed E-state index contributed by atoms with van der Waals surface area (Å²) in [5.74, 6) is 0.119. The van der Waals surface area contributed by atoms with Gasteiger partial charge >= 0.3 is 6.03 Å². The third kappa shape index (κ3) is 9.78. The van der Waals surface area contributed by atoms with Crippen LogP contribution >= 0.6 is 0 Å². The first-order chi connectivity index (χ1) is 23.7. The van der Waals surface area contributed by atoms with E-state index < -0.39 is 12.1 Å². The van der Waals surface area contributed by atoms with Crippen LogP contribution in [0.1, 0.15) is 56.0 Å². The van der Waals surface area contributed by atoms with Crippen molar-refractivity contribution in [2.75, 3.05) is 44.0 Å². The van der Waals surface area contributed by atoms with Crippen LogP contribution in [0.3, 0.4) is 0 Å². The van der Waals surface area contributed by atoms with Crippen LogP contribution in [0.5, 0.6) is 5.75 Å². The molecule has 2 heterocycles. The van der Waals surface area contributed by atoms with Gasteiger partial charge in [0.1, 0.15) is 5.75 Å². The summed E-state index contributed by atoms with van der Waals surface area (Å²) in [5.41, 5.74) is 2.62. The molecule has 260 valence electrons. The molecule has 49 heavy (non-hydrogen) atoms. The number of benzene rings is 3. The largest absolute Gasteiger partial charge is 0.490 e. The average Bonchev–Trinajstić information content (AvgIpc) is 3.10. The van der Waals surface area contributed by atoms with Gasteiger partial charge in [-0.3, -0.25) is 14.7 Å². The number of urea groups is 1. The summed E-state index contributed by atoms with van der Waals surface area (Å²) in [7, 11) is 2.07. The Morgan fingerprint density at radius 2 is 1.82 bits per heavy atom. The van der Waals surface area contributed by atoms with Gasteiger partial charge in [0, 0.05) is 55.6 Å². The molecule has 1 aliphatic heterocycles. The number of rotatable bonds is 8. The minimum atomic E-state index is -0.463. The van der Waals surface area contributed by atoms with Crippen LogP contribution in [0.15, 0.2) is 85.2 Å². The minimum Gasteiger partial charge on any atom is -0.490 e. The van der Waals surface area contributed by atoms with Crippen LogP contribution in [-0.2, 0) is 11.3 Å². The van der Waals surface area contributed by atoms with Crippen molar-refractivity contribution in [3.63, 3.8) is 0 Å². The summed E-state index contributed by atoms with van der Waals surface area (Å²) in [6.07, 6.45) is 5.91. The van der Waals surface area contributed by atoms with Crippen molar-refractivity contribution in [2.45, 2.75) is 64.8 Å². The molecular formula is C39H49N5O5. The standard InChI is InChI=1S/C39H49N5O5/c1-27-23-44(28(2)26-45)38(46)34-22-32(41-39(47)42-35-14-9-12-31-11-5-6-13-33(31)35)15-16-36(34)49-29(3)10-7-8-21-48-37(27)25-43(4)24-30-17-19-40-20-18-30/h5-6,9,11-20,22,27-29,37,45H,7-8,10,21,23-26H2,1-4H3,(H2,41,42,47)/t27-,28-,29+,37-/m0/s1. The average molecular weight is 668 g/mol. The van der Waals surface area contributed by atoms with Crippen molar-refractivity contribution in [3.05, 3.63) is 96.3 Å². The van der Waals surface area contributed by atoms with E-state index in [1.807, 2.05) is 68.4 Å². The van der Waals surface area contributed by atoms with Crippen LogP contribution < -0.4 is 15.4 Å². The molecule has 0 saturated heterocycles. The summed E-state index contributed by atoms with van der Waals surface area (Å²) in [6, 6.07) is 21.9. The Hall–Kier alpha value is -4.51. The molecular weight excluding hydrogens is 618 g/mol. The van der Waals surface area contributed by atoms with Crippen LogP contribution in [0.2, 0.25) is 0 Å². The number of carbonyl (C=O) groups is 2. The number of pyridine rings is 1. The first-order valence-corrected chi connectivity index (χ1v) is 17.2. The zero-order valence-electron chi connectivity index (χ0n) is 29.0. The lowest BCUT2D eigenvalue weighted by atomic mass is 10.0. The quantitative estimate of drug-likeness (QED) is 0.189. The lowest BCUT2D eigenvalue weighted by molar-refractivity contribution is -0.0177. The zero-order valence-corrected chi connectivity index (χ0v) is 29.0. The highest BCUT2D eigenvalue weighted by Crippen LogP contribution is 2.29. The number of aliphatic hydroxyl groups is 1. The maximum atomic E-state index is 14.5. The highest BCUT2D eigenvalue weighted by atomic mass is 16.5. The Bertz CT molecular complexity index is 1680. The number of anilines is 2. The third-order valence-electron chi connectivity index (χ3n) is 9.04. The molecule has 3 amide bonds. The van der Waals surface area contributed by atoms with E-state index in [4.69, 9.17) is 9.47 Å². The van der Waals surface area contributed by atoms with Crippen molar-refractivity contribution < 1.29 is 24.2 Å². The number of amides is 3. The SMILES string of the molecule is C[C@@H]1CCCCO[C@@H](CN(C)Cc2ccncc2)[C@@H](C)CN([C@@H](C)CO)C(=O)c2cc(NC(=O)Nc3cccc4ccccc34)ccc2O1. The number of ether oxygens (including phenoxy) is 2. The summed E-state index contributed by atoms with van der Waals surface area (Å²) >= 11 is 0. The molecule has 3 aromatic carbocycles. The Kier molecular flexibility index (Phi) is 12.6. The number of nitrogens with one attached hydrogen (secondary N) is 2. The first kappa shape index (κ1) is 35.8. The summed E-state index contributed by atoms with van der Waals surface area (Å²) < 4.78 is 12.8. The van der Waals surface area contributed by atoms with E-state index >= 15 is 0 Å². The fraction of sp³-hybridized carbons (Fsp3) is 0.410. The second-order valence-corrected chi connectivity index (χ2v) is 13.2. The zero-order chi connectivity index (χ0) is 34.8. The predicted molar refractivity (Wildman–Crippen MR) is 194 cm³/mol. The van der Waals surface area contributed by atoms with Crippen molar-refractivity contribution in [3.8, 4) is 5.75 Å². The van der Waals surface area contributed by atoms with E-state index in [1.165, 1.54) is 0 Å². The van der Waals surface area contributed by atoms with Crippen LogP contribution in [0.25, 0.3) is 10.8 Å². The maximum Gasteiger partial charge on any atom is 0.323 e. The number of aromatic nitrogens is 1. The second kappa shape index (κ2) is 17.2. The molecule has 0 spiro atoms. The lowest BCUT2D eigenvalue weighted by Crippen LogP contribution is -2.47. The Morgan fingerprint density at radius 3 is 2.61 bits per heavy atom. The molecule has 4 aromatic rings. The van der Waals surface area contributed by atoms with Gasteiger partial charge in [0.2, 0.25) is 0 Å². The van der Waals surface area contributed by atoms with Crippen LogP contribution in [-0.4, -0.2) is 83.4 Å². The minimum absolute atomic E-state index is 0.0446. The molecule has 1 aliphatic rings. The molecule has 0 bridgehead atoms. The molecule has 0 unspecified atom stereocenters. The fourth-order valence-corrected chi connectivity index (χ4v) is 6.25. The van der Waals surface area contributed by atoms with Gasteiger partial charge in [0.15, 0.2) is 0 Å². The van der Waals surface area contributed by atoms with Gasteiger partial charge in [-0.15, -0.1) is 0 Å². The predicted octanol–water partition coefficient (Wildman–Crippen LogP) is 6.81. The van der Waals surface area contributed by atoms with Gasteiger partial charge in [0.05, 0.1) is 36.1 Å². The molecule has 5 rings (SSSR count). The number of aliphatic hydroxyl groups excluding tert-OH is 1. The van der Waals surface area contributed by atoms with Crippen molar-refractivity contribution in [1.29, 1.82) is 0 Å². The van der Waals surface area contributed by atoms with Crippen LogP contribution in [0, 0.1) is 5.92 Å². The van der Waals surface area contributed by atoms with Gasteiger partial charge in [0.25, 0.3) is 5.91 Å². The smallest absolute Gasteiger partial charge is 0.323 e. The van der Waals surface area contributed by atoms with Gasteiger partial charge in [-0.2, -0.15) is 0 Å². The molecule has 0 aliphatic carbocycles. The van der Waals surface area contributed by atoms with E-state index in [1.54, 1.807) is 35.5 Å². The van der Waals surface area contributed by atoms with E-state index in [9.17, 15) is 14.7 Å². The van der Waals surface area contributed by atoms with Crippen molar-refractivity contribution in [2.24, 2.45) is 5.92 Å². The van der Waals surface area contributed by atoms with E-state index in [2.05, 4.69) is 34.5 Å². The summed E-state index contributed by atoms with van der Waals surface area (Å²) in [5, 5.41) is 18.1. The highest BCUT2D eigenvalue weighted by Gasteiger charge is 2.30. The van der Waals surface area contributed by atoms with E-state index in [-0.39, 0.29) is 30.6 Å². The molecule has 0 radical (unpaired) electrons. The number of carbonyl (C=O) groups excluding carboxylic acids is 2. The van der Waals surface area contributed by atoms with Gasteiger partial charge in [-0.1, -0.05) is 43.3 Å². The molecule has 0 fully saturated rings.